The molecule has 1 aromatic rings. The zero-order chi connectivity index (χ0) is 11.3. The normalized spacial score (nSPS) is 10.3. The number of nitrogens with two attached hydrogens (primary N) is 1. The minimum atomic E-state index is -0.389. The molecule has 5 nitrogen and oxygen atoms in total. The topological polar surface area (TPSA) is 70.1 Å². The molecule has 2 N–H and O–H groups in total. The lowest BCUT2D eigenvalue weighted by Gasteiger charge is -2.06. The molecule has 5 heteroatoms. The monoisotopic (exact) mass is 211 g/mol. The Hall–Kier alpha value is -1.52. The summed E-state index contributed by atoms with van der Waals surface area (Å²) in [4.78, 5) is 11.6. The van der Waals surface area contributed by atoms with Gasteiger partial charge in [0.2, 0.25) is 0 Å². The molecule has 84 valence electrons. The molecule has 1 rings (SSSR count). The Morgan fingerprint density at radius 2 is 2.33 bits per heavy atom. The maximum absolute atomic E-state index is 11.6. The number of anilines is 1. The number of ether oxygens (including phenoxy) is 1. The van der Waals surface area contributed by atoms with E-state index in [1.54, 1.807) is 4.68 Å². The molecule has 1 heterocycles. The largest absolute Gasteiger partial charge is 0.461 e. The van der Waals surface area contributed by atoms with E-state index in [-0.39, 0.29) is 5.97 Å². The lowest BCUT2D eigenvalue weighted by Crippen LogP contribution is -2.14. The number of rotatable bonds is 5. The SMILES string of the molecule is CCCCOC(=O)c1c(N)cnn1CC. The maximum Gasteiger partial charge on any atom is 0.358 e. The molecule has 0 radical (unpaired) electrons. The molecule has 0 aliphatic rings. The van der Waals surface area contributed by atoms with E-state index >= 15 is 0 Å². The summed E-state index contributed by atoms with van der Waals surface area (Å²) >= 11 is 0. The van der Waals surface area contributed by atoms with Crippen LogP contribution >= 0.6 is 0 Å². The maximum atomic E-state index is 11.6. The van der Waals surface area contributed by atoms with Gasteiger partial charge in [0.1, 0.15) is 0 Å². The number of unbranched alkanes of at least 4 members (excludes halogenated alkanes) is 1. The Morgan fingerprint density at radius 3 is 2.93 bits per heavy atom. The van der Waals surface area contributed by atoms with Gasteiger partial charge < -0.3 is 10.5 Å². The van der Waals surface area contributed by atoms with Gasteiger partial charge in [-0.3, -0.25) is 4.68 Å². The van der Waals surface area contributed by atoms with Crippen LogP contribution < -0.4 is 5.73 Å². The van der Waals surface area contributed by atoms with Crippen LogP contribution in [-0.4, -0.2) is 22.4 Å². The van der Waals surface area contributed by atoms with Crippen LogP contribution in [0.2, 0.25) is 0 Å². The van der Waals surface area contributed by atoms with Gasteiger partial charge in [-0.15, -0.1) is 0 Å². The van der Waals surface area contributed by atoms with Gasteiger partial charge in [-0.25, -0.2) is 4.79 Å². The molecule has 0 aliphatic carbocycles. The number of carbonyl (C=O) groups is 1. The van der Waals surface area contributed by atoms with E-state index in [1.807, 2.05) is 13.8 Å². The summed E-state index contributed by atoms with van der Waals surface area (Å²) in [5.41, 5.74) is 6.37. The Kier molecular flexibility index (Phi) is 4.15. The number of hydrogen-bond donors (Lipinski definition) is 1. The average molecular weight is 211 g/mol. The minimum Gasteiger partial charge on any atom is -0.461 e. The quantitative estimate of drug-likeness (QED) is 0.591. The average Bonchev–Trinajstić information content (AvgIpc) is 2.59. The van der Waals surface area contributed by atoms with E-state index in [9.17, 15) is 4.79 Å². The van der Waals surface area contributed by atoms with Crippen molar-refractivity contribution in [3.8, 4) is 0 Å². The highest BCUT2D eigenvalue weighted by Crippen LogP contribution is 2.12. The van der Waals surface area contributed by atoms with E-state index in [1.165, 1.54) is 6.20 Å². The van der Waals surface area contributed by atoms with Crippen LogP contribution in [0.4, 0.5) is 5.69 Å². The van der Waals surface area contributed by atoms with Crippen LogP contribution in [0.1, 0.15) is 37.2 Å². The van der Waals surface area contributed by atoms with Crippen molar-refractivity contribution in [2.24, 2.45) is 0 Å². The Morgan fingerprint density at radius 1 is 1.60 bits per heavy atom. The molecule has 0 bridgehead atoms. The molecule has 0 saturated heterocycles. The predicted octanol–water partition coefficient (Wildman–Crippen LogP) is 1.44. The summed E-state index contributed by atoms with van der Waals surface area (Å²) in [5.74, 6) is -0.389. The lowest BCUT2D eigenvalue weighted by atomic mass is 10.3. The van der Waals surface area contributed by atoms with Crippen molar-refractivity contribution >= 4 is 11.7 Å². The van der Waals surface area contributed by atoms with E-state index in [0.717, 1.165) is 12.8 Å². The molecule has 0 spiro atoms. The van der Waals surface area contributed by atoms with Crippen molar-refractivity contribution in [1.82, 2.24) is 9.78 Å². The molecular weight excluding hydrogens is 194 g/mol. The van der Waals surface area contributed by atoms with E-state index in [4.69, 9.17) is 10.5 Å². The van der Waals surface area contributed by atoms with Crippen LogP contribution in [0.15, 0.2) is 6.20 Å². The standard InChI is InChI=1S/C10H17N3O2/c1-3-5-6-15-10(14)9-8(11)7-12-13(9)4-2/h7H,3-6,11H2,1-2H3. The second-order valence-electron chi connectivity index (χ2n) is 3.25. The smallest absolute Gasteiger partial charge is 0.358 e. The third-order valence-electron chi connectivity index (χ3n) is 2.09. The van der Waals surface area contributed by atoms with Gasteiger partial charge in [-0.05, 0) is 13.3 Å². The van der Waals surface area contributed by atoms with Crippen molar-refractivity contribution in [2.45, 2.75) is 33.2 Å². The van der Waals surface area contributed by atoms with Crippen molar-refractivity contribution in [1.29, 1.82) is 0 Å². The summed E-state index contributed by atoms with van der Waals surface area (Å²) in [5, 5.41) is 3.97. The zero-order valence-corrected chi connectivity index (χ0v) is 9.19. The van der Waals surface area contributed by atoms with Gasteiger partial charge in [0.15, 0.2) is 5.69 Å². The molecule has 0 saturated carbocycles. The van der Waals surface area contributed by atoms with Gasteiger partial charge >= 0.3 is 5.97 Å². The number of aromatic nitrogens is 2. The van der Waals surface area contributed by atoms with Crippen LogP contribution in [0.25, 0.3) is 0 Å². The predicted molar refractivity (Wildman–Crippen MR) is 57.5 cm³/mol. The summed E-state index contributed by atoms with van der Waals surface area (Å²) in [6.45, 7) is 4.98. The lowest BCUT2D eigenvalue weighted by molar-refractivity contribution is 0.0487. The number of hydrogen-bond acceptors (Lipinski definition) is 4. The molecule has 0 unspecified atom stereocenters. The van der Waals surface area contributed by atoms with Gasteiger partial charge in [0.05, 0.1) is 18.5 Å². The summed E-state index contributed by atoms with van der Waals surface area (Å²) < 4.78 is 6.62. The fourth-order valence-electron chi connectivity index (χ4n) is 1.24. The van der Waals surface area contributed by atoms with Crippen molar-refractivity contribution < 1.29 is 9.53 Å². The molecule has 0 atom stereocenters. The van der Waals surface area contributed by atoms with Gasteiger partial charge in [0.25, 0.3) is 0 Å². The third-order valence-corrected chi connectivity index (χ3v) is 2.09. The minimum absolute atomic E-state index is 0.355. The van der Waals surface area contributed by atoms with Crippen LogP contribution in [-0.2, 0) is 11.3 Å². The van der Waals surface area contributed by atoms with Gasteiger partial charge in [-0.1, -0.05) is 13.3 Å². The van der Waals surface area contributed by atoms with Crippen LogP contribution in [0.3, 0.4) is 0 Å². The molecule has 15 heavy (non-hydrogen) atoms. The molecule has 0 fully saturated rings. The fraction of sp³-hybridized carbons (Fsp3) is 0.600. The van der Waals surface area contributed by atoms with Crippen LogP contribution in [0, 0.1) is 0 Å². The van der Waals surface area contributed by atoms with Gasteiger partial charge in [0, 0.05) is 6.54 Å². The van der Waals surface area contributed by atoms with Crippen molar-refractivity contribution in [3.05, 3.63) is 11.9 Å². The van der Waals surface area contributed by atoms with E-state index < -0.39 is 0 Å². The highest BCUT2D eigenvalue weighted by atomic mass is 16.5. The summed E-state index contributed by atoms with van der Waals surface area (Å²) in [7, 11) is 0. The van der Waals surface area contributed by atoms with Crippen molar-refractivity contribution in [3.63, 3.8) is 0 Å². The molecule has 0 aliphatic heterocycles. The first-order valence-corrected chi connectivity index (χ1v) is 5.19. The Balaban J connectivity index is 2.67. The van der Waals surface area contributed by atoms with E-state index in [0.29, 0.717) is 24.5 Å². The second-order valence-corrected chi connectivity index (χ2v) is 3.25. The highest BCUT2D eigenvalue weighted by Gasteiger charge is 2.17. The third kappa shape index (κ3) is 2.71. The number of nitrogen functional groups attached to an aromatic ring is 1. The molecular formula is C10H17N3O2. The summed E-state index contributed by atoms with van der Waals surface area (Å²) in [6.07, 6.45) is 3.33. The first-order chi connectivity index (χ1) is 7.20. The Bertz CT molecular complexity index is 333. The van der Waals surface area contributed by atoms with Crippen molar-refractivity contribution in [2.75, 3.05) is 12.3 Å². The first kappa shape index (κ1) is 11.6. The molecule has 0 aromatic carbocycles. The number of aryl methyl sites for hydroxylation is 1. The van der Waals surface area contributed by atoms with Crippen LogP contribution in [0.5, 0.6) is 0 Å². The van der Waals surface area contributed by atoms with E-state index in [2.05, 4.69) is 5.10 Å². The highest BCUT2D eigenvalue weighted by molar-refractivity contribution is 5.93. The van der Waals surface area contributed by atoms with Gasteiger partial charge in [-0.2, -0.15) is 5.10 Å². The zero-order valence-electron chi connectivity index (χ0n) is 9.19. The second kappa shape index (κ2) is 5.38. The summed E-state index contributed by atoms with van der Waals surface area (Å²) in [6, 6.07) is 0. The Labute approximate surface area is 89.2 Å². The fourth-order valence-corrected chi connectivity index (χ4v) is 1.24. The number of esters is 1. The first-order valence-electron chi connectivity index (χ1n) is 5.19. The molecule has 0 amide bonds. The number of nitrogens with zero attached hydrogens (tertiary/aromatic N) is 2. The number of carbonyl (C=O) groups excluding carboxylic acids is 1. The molecule has 1 aromatic heterocycles.